The fourth-order valence-electron chi connectivity index (χ4n) is 2.21. The standard InChI is InChI=1S/C15H20ClN3O2/c1-10-4-5-12-13(8-10)19(15(18-12)11(2)16)9-14(20)17-6-7-21-3/h4-5,8,11H,6-7,9H2,1-3H3,(H,17,20). The highest BCUT2D eigenvalue weighted by atomic mass is 35.5. The van der Waals surface area contributed by atoms with Gasteiger partial charge in [0.15, 0.2) is 0 Å². The third-order valence-electron chi connectivity index (χ3n) is 3.22. The van der Waals surface area contributed by atoms with E-state index >= 15 is 0 Å². The molecule has 1 heterocycles. The van der Waals surface area contributed by atoms with Crippen LogP contribution in [0.1, 0.15) is 23.7 Å². The molecule has 1 unspecified atom stereocenters. The van der Waals surface area contributed by atoms with Crippen molar-refractivity contribution in [2.75, 3.05) is 20.3 Å². The number of aromatic nitrogens is 2. The lowest BCUT2D eigenvalue weighted by atomic mass is 10.2. The topological polar surface area (TPSA) is 56.1 Å². The molecule has 0 saturated carbocycles. The van der Waals surface area contributed by atoms with Crippen molar-refractivity contribution in [1.82, 2.24) is 14.9 Å². The number of nitrogens with one attached hydrogen (secondary N) is 1. The molecule has 0 aliphatic carbocycles. The Morgan fingerprint density at radius 3 is 2.95 bits per heavy atom. The number of carbonyl (C=O) groups is 1. The van der Waals surface area contributed by atoms with Crippen molar-refractivity contribution in [1.29, 1.82) is 0 Å². The van der Waals surface area contributed by atoms with E-state index in [-0.39, 0.29) is 17.8 Å². The van der Waals surface area contributed by atoms with E-state index in [1.54, 1.807) is 7.11 Å². The van der Waals surface area contributed by atoms with Gasteiger partial charge < -0.3 is 14.6 Å². The van der Waals surface area contributed by atoms with Crippen LogP contribution in [0.5, 0.6) is 0 Å². The fraction of sp³-hybridized carbons (Fsp3) is 0.467. The lowest BCUT2D eigenvalue weighted by Crippen LogP contribution is -2.30. The molecule has 114 valence electrons. The molecule has 0 radical (unpaired) electrons. The molecule has 0 aliphatic heterocycles. The van der Waals surface area contributed by atoms with Gasteiger partial charge in [0.25, 0.3) is 0 Å². The van der Waals surface area contributed by atoms with Gasteiger partial charge in [-0.15, -0.1) is 11.6 Å². The van der Waals surface area contributed by atoms with Crippen LogP contribution in [0.3, 0.4) is 0 Å². The Kier molecular flexibility index (Phi) is 5.20. The normalized spacial score (nSPS) is 12.6. The molecule has 1 aromatic heterocycles. The molecule has 5 nitrogen and oxygen atoms in total. The summed E-state index contributed by atoms with van der Waals surface area (Å²) in [5.41, 5.74) is 2.91. The summed E-state index contributed by atoms with van der Waals surface area (Å²) >= 11 is 6.19. The van der Waals surface area contributed by atoms with E-state index in [9.17, 15) is 4.79 Å². The van der Waals surface area contributed by atoms with Crippen LogP contribution in [0.25, 0.3) is 11.0 Å². The molecule has 6 heteroatoms. The number of benzene rings is 1. The van der Waals surface area contributed by atoms with Crippen LogP contribution in [0.4, 0.5) is 0 Å². The first-order chi connectivity index (χ1) is 10.0. The van der Waals surface area contributed by atoms with Crippen molar-refractivity contribution in [3.8, 4) is 0 Å². The van der Waals surface area contributed by atoms with Gasteiger partial charge in [-0.3, -0.25) is 4.79 Å². The van der Waals surface area contributed by atoms with Crippen LogP contribution in [0.2, 0.25) is 0 Å². The molecule has 1 aromatic carbocycles. The average Bonchev–Trinajstić information content (AvgIpc) is 2.77. The summed E-state index contributed by atoms with van der Waals surface area (Å²) in [5.74, 6) is 0.630. The Bertz CT molecular complexity index is 637. The molecular formula is C15H20ClN3O2. The molecule has 2 rings (SSSR count). The van der Waals surface area contributed by atoms with E-state index in [0.29, 0.717) is 19.0 Å². The van der Waals surface area contributed by atoms with Gasteiger partial charge in [0, 0.05) is 13.7 Å². The van der Waals surface area contributed by atoms with E-state index < -0.39 is 0 Å². The summed E-state index contributed by atoms with van der Waals surface area (Å²) in [4.78, 5) is 16.6. The second-order valence-electron chi connectivity index (χ2n) is 5.01. The molecule has 1 atom stereocenters. The number of hydrogen-bond donors (Lipinski definition) is 1. The van der Waals surface area contributed by atoms with Gasteiger partial charge in [0.05, 0.1) is 23.0 Å². The van der Waals surface area contributed by atoms with E-state index in [1.807, 2.05) is 36.6 Å². The predicted molar refractivity (Wildman–Crippen MR) is 83.6 cm³/mol. The lowest BCUT2D eigenvalue weighted by molar-refractivity contribution is -0.121. The van der Waals surface area contributed by atoms with E-state index in [2.05, 4.69) is 10.3 Å². The van der Waals surface area contributed by atoms with Crippen molar-refractivity contribution in [2.24, 2.45) is 0 Å². The highest BCUT2D eigenvalue weighted by Crippen LogP contribution is 2.25. The van der Waals surface area contributed by atoms with Crippen molar-refractivity contribution >= 4 is 28.5 Å². The maximum atomic E-state index is 12.0. The number of carbonyl (C=O) groups excluding carboxylic acids is 1. The third kappa shape index (κ3) is 3.74. The quantitative estimate of drug-likeness (QED) is 0.658. The summed E-state index contributed by atoms with van der Waals surface area (Å²) in [7, 11) is 1.60. The SMILES string of the molecule is COCCNC(=O)Cn1c(C(C)Cl)nc2ccc(C)cc21. The molecule has 1 amide bonds. The number of nitrogens with zero attached hydrogens (tertiary/aromatic N) is 2. The van der Waals surface area contributed by atoms with Crippen LogP contribution < -0.4 is 5.32 Å². The molecule has 0 fully saturated rings. The molecule has 0 aliphatic rings. The van der Waals surface area contributed by atoms with Crippen LogP contribution in [-0.2, 0) is 16.1 Å². The second-order valence-corrected chi connectivity index (χ2v) is 5.66. The molecule has 2 aromatic rings. The zero-order valence-electron chi connectivity index (χ0n) is 12.5. The van der Waals surface area contributed by atoms with Crippen LogP contribution in [-0.4, -0.2) is 35.7 Å². The number of imidazole rings is 1. The number of aryl methyl sites for hydroxylation is 1. The van der Waals surface area contributed by atoms with Crippen molar-refractivity contribution in [3.05, 3.63) is 29.6 Å². The minimum absolute atomic E-state index is 0.0774. The first-order valence-corrected chi connectivity index (χ1v) is 7.33. The number of ether oxygens (including phenoxy) is 1. The van der Waals surface area contributed by atoms with Crippen LogP contribution >= 0.6 is 11.6 Å². The minimum Gasteiger partial charge on any atom is -0.383 e. The van der Waals surface area contributed by atoms with Gasteiger partial charge in [0.2, 0.25) is 5.91 Å². The van der Waals surface area contributed by atoms with Crippen molar-refractivity contribution < 1.29 is 9.53 Å². The number of rotatable bonds is 6. The summed E-state index contributed by atoms with van der Waals surface area (Å²) in [6.45, 7) is 5.06. The highest BCUT2D eigenvalue weighted by molar-refractivity contribution is 6.20. The Balaban J connectivity index is 2.29. The molecule has 0 saturated heterocycles. The highest BCUT2D eigenvalue weighted by Gasteiger charge is 2.17. The molecule has 1 N–H and O–H groups in total. The van der Waals surface area contributed by atoms with E-state index in [0.717, 1.165) is 16.6 Å². The zero-order valence-corrected chi connectivity index (χ0v) is 13.3. The first-order valence-electron chi connectivity index (χ1n) is 6.89. The lowest BCUT2D eigenvalue weighted by Gasteiger charge is -2.11. The Morgan fingerprint density at radius 2 is 2.29 bits per heavy atom. The van der Waals surface area contributed by atoms with Gasteiger partial charge in [0.1, 0.15) is 12.4 Å². The largest absolute Gasteiger partial charge is 0.383 e. The fourth-order valence-corrected chi connectivity index (χ4v) is 2.38. The van der Waals surface area contributed by atoms with E-state index in [4.69, 9.17) is 16.3 Å². The minimum atomic E-state index is -0.260. The number of methoxy groups -OCH3 is 1. The molecular weight excluding hydrogens is 290 g/mol. The number of hydrogen-bond acceptors (Lipinski definition) is 3. The monoisotopic (exact) mass is 309 g/mol. The van der Waals surface area contributed by atoms with Gasteiger partial charge >= 0.3 is 0 Å². The Hall–Kier alpha value is -1.59. The van der Waals surface area contributed by atoms with Crippen LogP contribution in [0.15, 0.2) is 18.2 Å². The predicted octanol–water partition coefficient (Wildman–Crippen LogP) is 2.41. The number of amides is 1. The summed E-state index contributed by atoms with van der Waals surface area (Å²) in [6.07, 6.45) is 0. The van der Waals surface area contributed by atoms with Crippen molar-refractivity contribution in [2.45, 2.75) is 25.8 Å². The smallest absolute Gasteiger partial charge is 0.240 e. The maximum Gasteiger partial charge on any atom is 0.240 e. The Morgan fingerprint density at radius 1 is 1.52 bits per heavy atom. The molecule has 21 heavy (non-hydrogen) atoms. The maximum absolute atomic E-state index is 12.0. The molecule has 0 bridgehead atoms. The Labute approximate surface area is 129 Å². The van der Waals surface area contributed by atoms with Gasteiger partial charge in [-0.25, -0.2) is 4.98 Å². The first kappa shape index (κ1) is 15.8. The van der Waals surface area contributed by atoms with E-state index in [1.165, 1.54) is 0 Å². The van der Waals surface area contributed by atoms with Gasteiger partial charge in [-0.05, 0) is 31.5 Å². The zero-order chi connectivity index (χ0) is 15.4. The van der Waals surface area contributed by atoms with Crippen LogP contribution in [0, 0.1) is 6.92 Å². The average molecular weight is 310 g/mol. The number of fused-ring (bicyclic) bond motifs is 1. The molecule has 0 spiro atoms. The van der Waals surface area contributed by atoms with Gasteiger partial charge in [-0.1, -0.05) is 6.07 Å². The second kappa shape index (κ2) is 6.91. The number of halogens is 1. The summed E-state index contributed by atoms with van der Waals surface area (Å²) in [5, 5.41) is 2.55. The van der Waals surface area contributed by atoms with Crippen molar-refractivity contribution in [3.63, 3.8) is 0 Å². The third-order valence-corrected chi connectivity index (χ3v) is 3.41. The van der Waals surface area contributed by atoms with Gasteiger partial charge in [-0.2, -0.15) is 0 Å². The summed E-state index contributed by atoms with van der Waals surface area (Å²) in [6, 6.07) is 5.97. The summed E-state index contributed by atoms with van der Waals surface area (Å²) < 4.78 is 6.80. The number of alkyl halides is 1.